The fourth-order valence-corrected chi connectivity index (χ4v) is 4.18. The van der Waals surface area contributed by atoms with Gasteiger partial charge < -0.3 is 14.4 Å². The first-order valence-electron chi connectivity index (χ1n) is 10.6. The molecule has 156 valence electrons. The molecule has 0 spiro atoms. The maximum Gasteiger partial charge on any atom is 0.254 e. The van der Waals surface area contributed by atoms with E-state index in [2.05, 4.69) is 33.9 Å². The molecule has 0 bridgehead atoms. The number of amides is 1. The standard InChI is InChI=1S/C23H28N6O/c1-3-27(4-2)20-9-7-19(8-10-20)23(30)29-15-5-6-21(29)22-26-25-17-28(22)16-18-11-13-24-14-12-18/h7-14,17,21H,3-6,15-16H2,1-2H3. The zero-order chi connectivity index (χ0) is 20.9. The van der Waals surface area contributed by atoms with Gasteiger partial charge in [0.1, 0.15) is 6.33 Å². The van der Waals surface area contributed by atoms with Crippen molar-refractivity contribution in [2.45, 2.75) is 39.3 Å². The Labute approximate surface area is 177 Å². The van der Waals surface area contributed by atoms with Crippen LogP contribution in [0.4, 0.5) is 5.69 Å². The molecular weight excluding hydrogens is 376 g/mol. The summed E-state index contributed by atoms with van der Waals surface area (Å²) >= 11 is 0. The normalized spacial score (nSPS) is 16.1. The Morgan fingerprint density at radius 1 is 1.10 bits per heavy atom. The third-order valence-electron chi connectivity index (χ3n) is 5.80. The largest absolute Gasteiger partial charge is 0.372 e. The average Bonchev–Trinajstić information content (AvgIpc) is 3.44. The first-order chi connectivity index (χ1) is 14.7. The molecule has 1 fully saturated rings. The smallest absolute Gasteiger partial charge is 0.254 e. The van der Waals surface area contributed by atoms with Crippen molar-refractivity contribution in [2.24, 2.45) is 0 Å². The van der Waals surface area contributed by atoms with Crippen LogP contribution in [-0.2, 0) is 6.54 Å². The van der Waals surface area contributed by atoms with Crippen LogP contribution in [0, 0.1) is 0 Å². The van der Waals surface area contributed by atoms with Crippen LogP contribution >= 0.6 is 0 Å². The minimum absolute atomic E-state index is 0.0516. The van der Waals surface area contributed by atoms with E-state index in [1.807, 2.05) is 45.9 Å². The Kier molecular flexibility index (Phi) is 6.07. The molecule has 0 aliphatic carbocycles. The van der Waals surface area contributed by atoms with Gasteiger partial charge in [-0.3, -0.25) is 9.78 Å². The molecule has 4 rings (SSSR count). The fourth-order valence-electron chi connectivity index (χ4n) is 4.18. The first kappa shape index (κ1) is 20.1. The number of carbonyl (C=O) groups excluding carboxylic acids is 1. The number of hydrogen-bond donors (Lipinski definition) is 0. The molecule has 1 aliphatic rings. The van der Waals surface area contributed by atoms with Crippen LogP contribution in [0.1, 0.15) is 54.5 Å². The lowest BCUT2D eigenvalue weighted by Gasteiger charge is -2.25. The SMILES string of the molecule is CCN(CC)c1ccc(C(=O)N2CCCC2c2nncn2Cc2ccncc2)cc1. The highest BCUT2D eigenvalue weighted by atomic mass is 16.2. The van der Waals surface area contributed by atoms with Gasteiger partial charge in [-0.05, 0) is 68.7 Å². The molecule has 1 unspecified atom stereocenters. The number of aromatic nitrogens is 4. The minimum atomic E-state index is -0.0516. The maximum atomic E-state index is 13.3. The molecule has 0 N–H and O–H groups in total. The van der Waals surface area contributed by atoms with Gasteiger partial charge in [0.25, 0.3) is 5.91 Å². The van der Waals surface area contributed by atoms with Gasteiger partial charge in [0.05, 0.1) is 12.6 Å². The summed E-state index contributed by atoms with van der Waals surface area (Å²) in [6.45, 7) is 7.58. The van der Waals surface area contributed by atoms with Crippen molar-refractivity contribution in [3.05, 3.63) is 72.1 Å². The number of pyridine rings is 1. The summed E-state index contributed by atoms with van der Waals surface area (Å²) in [4.78, 5) is 21.6. The van der Waals surface area contributed by atoms with Crippen LogP contribution in [0.15, 0.2) is 55.1 Å². The summed E-state index contributed by atoms with van der Waals surface area (Å²) in [6.07, 6.45) is 7.18. The Balaban J connectivity index is 1.53. The predicted octanol–water partition coefficient (Wildman–Crippen LogP) is 3.54. The minimum Gasteiger partial charge on any atom is -0.372 e. The Bertz CT molecular complexity index is 965. The van der Waals surface area contributed by atoms with Crippen molar-refractivity contribution in [2.75, 3.05) is 24.5 Å². The second kappa shape index (κ2) is 9.07. The topological polar surface area (TPSA) is 67.2 Å². The van der Waals surface area contributed by atoms with Crippen molar-refractivity contribution in [1.29, 1.82) is 0 Å². The Morgan fingerprint density at radius 3 is 2.53 bits per heavy atom. The average molecular weight is 405 g/mol. The molecule has 2 aromatic heterocycles. The second-order valence-corrected chi connectivity index (χ2v) is 7.55. The van der Waals surface area contributed by atoms with E-state index in [1.165, 1.54) is 0 Å². The van der Waals surface area contributed by atoms with E-state index in [-0.39, 0.29) is 11.9 Å². The highest BCUT2D eigenvalue weighted by Gasteiger charge is 2.33. The number of rotatable bonds is 7. The van der Waals surface area contributed by atoms with E-state index in [0.29, 0.717) is 6.54 Å². The van der Waals surface area contributed by atoms with Crippen molar-refractivity contribution < 1.29 is 4.79 Å². The number of likely N-dealkylation sites (tertiary alicyclic amines) is 1. The van der Waals surface area contributed by atoms with Gasteiger partial charge in [0, 0.05) is 43.3 Å². The van der Waals surface area contributed by atoms with Gasteiger partial charge in [0.15, 0.2) is 5.82 Å². The second-order valence-electron chi connectivity index (χ2n) is 7.55. The van der Waals surface area contributed by atoms with Crippen LogP contribution in [-0.4, -0.2) is 50.2 Å². The lowest BCUT2D eigenvalue weighted by molar-refractivity contribution is 0.0727. The molecule has 30 heavy (non-hydrogen) atoms. The number of nitrogens with zero attached hydrogens (tertiary/aromatic N) is 6. The number of carbonyl (C=O) groups is 1. The molecule has 7 heteroatoms. The molecule has 1 saturated heterocycles. The third-order valence-corrected chi connectivity index (χ3v) is 5.80. The number of benzene rings is 1. The van der Waals surface area contributed by atoms with Crippen molar-refractivity contribution in [1.82, 2.24) is 24.6 Å². The highest BCUT2D eigenvalue weighted by Crippen LogP contribution is 2.32. The van der Waals surface area contributed by atoms with E-state index < -0.39 is 0 Å². The van der Waals surface area contributed by atoms with Gasteiger partial charge in [0.2, 0.25) is 0 Å². The predicted molar refractivity (Wildman–Crippen MR) is 116 cm³/mol. The molecule has 3 heterocycles. The summed E-state index contributed by atoms with van der Waals surface area (Å²) in [6, 6.07) is 11.9. The van der Waals surface area contributed by atoms with Gasteiger partial charge in [-0.15, -0.1) is 10.2 Å². The van der Waals surface area contributed by atoms with Gasteiger partial charge in [-0.1, -0.05) is 0 Å². The molecule has 0 radical (unpaired) electrons. The van der Waals surface area contributed by atoms with E-state index in [1.54, 1.807) is 18.7 Å². The number of anilines is 1. The molecule has 3 aromatic rings. The molecule has 0 saturated carbocycles. The molecule has 1 atom stereocenters. The summed E-state index contributed by atoms with van der Waals surface area (Å²) in [5.74, 6) is 0.902. The van der Waals surface area contributed by atoms with Gasteiger partial charge >= 0.3 is 0 Å². The molecule has 1 aromatic carbocycles. The Hall–Kier alpha value is -3.22. The van der Waals surface area contributed by atoms with Gasteiger partial charge in [-0.25, -0.2) is 0 Å². The third kappa shape index (κ3) is 4.06. The lowest BCUT2D eigenvalue weighted by Crippen LogP contribution is -2.32. The van der Waals surface area contributed by atoms with Crippen LogP contribution in [0.3, 0.4) is 0 Å². The summed E-state index contributed by atoms with van der Waals surface area (Å²) in [5.41, 5.74) is 3.00. The van der Waals surface area contributed by atoms with E-state index in [4.69, 9.17) is 0 Å². The zero-order valence-electron chi connectivity index (χ0n) is 17.6. The summed E-state index contributed by atoms with van der Waals surface area (Å²) in [7, 11) is 0. The van der Waals surface area contributed by atoms with Crippen molar-refractivity contribution in [3.63, 3.8) is 0 Å². The highest BCUT2D eigenvalue weighted by molar-refractivity contribution is 5.95. The van der Waals surface area contributed by atoms with Crippen molar-refractivity contribution in [3.8, 4) is 0 Å². The van der Waals surface area contributed by atoms with Crippen LogP contribution in [0.5, 0.6) is 0 Å². The maximum absolute atomic E-state index is 13.3. The number of hydrogen-bond acceptors (Lipinski definition) is 5. The van der Waals surface area contributed by atoms with Crippen LogP contribution in [0.2, 0.25) is 0 Å². The summed E-state index contributed by atoms with van der Waals surface area (Å²) in [5, 5.41) is 8.51. The van der Waals surface area contributed by atoms with Crippen LogP contribution in [0.25, 0.3) is 0 Å². The lowest BCUT2D eigenvalue weighted by atomic mass is 10.1. The van der Waals surface area contributed by atoms with E-state index in [0.717, 1.165) is 55.1 Å². The van der Waals surface area contributed by atoms with Crippen molar-refractivity contribution >= 4 is 11.6 Å². The molecule has 1 aliphatic heterocycles. The van der Waals surface area contributed by atoms with E-state index >= 15 is 0 Å². The molecule has 7 nitrogen and oxygen atoms in total. The monoisotopic (exact) mass is 404 g/mol. The molecular formula is C23H28N6O. The molecule has 1 amide bonds. The van der Waals surface area contributed by atoms with Crippen LogP contribution < -0.4 is 4.90 Å². The quantitative estimate of drug-likeness (QED) is 0.602. The Morgan fingerprint density at radius 2 is 1.83 bits per heavy atom. The summed E-state index contributed by atoms with van der Waals surface area (Å²) < 4.78 is 2.04. The fraction of sp³-hybridized carbons (Fsp3) is 0.391. The zero-order valence-corrected chi connectivity index (χ0v) is 17.6. The van der Waals surface area contributed by atoms with E-state index in [9.17, 15) is 4.79 Å². The first-order valence-corrected chi connectivity index (χ1v) is 10.6. The van der Waals surface area contributed by atoms with Gasteiger partial charge in [-0.2, -0.15) is 0 Å².